The number of nitrogens with one attached hydrogen (secondary N) is 1. The Bertz CT molecular complexity index is 1680. The van der Waals surface area contributed by atoms with Gasteiger partial charge in [-0.1, -0.05) is 29.3 Å². The molecule has 14 heteroatoms. The molecule has 1 atom stereocenters. The molecule has 46 heavy (non-hydrogen) atoms. The minimum Gasteiger partial charge on any atom is -0.497 e. The Morgan fingerprint density at radius 2 is 1.46 bits per heavy atom. The number of methoxy groups -OCH3 is 4. The van der Waals surface area contributed by atoms with E-state index in [-0.39, 0.29) is 33.6 Å². The van der Waals surface area contributed by atoms with E-state index < -0.39 is 40.0 Å². The van der Waals surface area contributed by atoms with Crippen molar-refractivity contribution < 1.29 is 37.0 Å². The van der Waals surface area contributed by atoms with Gasteiger partial charge in [0.15, 0.2) is 11.5 Å². The van der Waals surface area contributed by atoms with E-state index in [1.165, 1.54) is 63.7 Å². The van der Waals surface area contributed by atoms with Crippen LogP contribution in [0.2, 0.25) is 10.0 Å². The van der Waals surface area contributed by atoms with E-state index in [0.29, 0.717) is 22.1 Å². The topological polar surface area (TPSA) is 124 Å². The van der Waals surface area contributed by atoms with Gasteiger partial charge in [0.1, 0.15) is 24.1 Å². The fraction of sp³-hybridized carbons (Fsp3) is 0.375. The molecule has 2 amide bonds. The van der Waals surface area contributed by atoms with Crippen LogP contribution in [-0.2, 0) is 26.2 Å². The van der Waals surface area contributed by atoms with Gasteiger partial charge in [-0.3, -0.25) is 13.9 Å². The molecule has 11 nitrogen and oxygen atoms in total. The lowest BCUT2D eigenvalue weighted by molar-refractivity contribution is -0.140. The minimum atomic E-state index is -4.48. The Morgan fingerprint density at radius 1 is 0.826 bits per heavy atom. The molecule has 250 valence electrons. The maximum Gasteiger partial charge on any atom is 0.265 e. The lowest BCUT2D eigenvalue weighted by atomic mass is 10.1. The second-order valence-corrected chi connectivity index (χ2v) is 13.9. The zero-order chi connectivity index (χ0) is 34.4. The second-order valence-electron chi connectivity index (χ2n) is 11.3. The van der Waals surface area contributed by atoms with Crippen LogP contribution in [0.1, 0.15) is 33.3 Å². The van der Waals surface area contributed by atoms with E-state index in [1.807, 2.05) is 20.8 Å². The Hall–Kier alpha value is -3.87. The van der Waals surface area contributed by atoms with Crippen molar-refractivity contribution in [3.8, 4) is 23.0 Å². The van der Waals surface area contributed by atoms with Crippen LogP contribution in [0.4, 0.5) is 5.69 Å². The molecule has 0 bridgehead atoms. The minimum absolute atomic E-state index is 0.0336. The van der Waals surface area contributed by atoms with Gasteiger partial charge in [-0.25, -0.2) is 8.42 Å². The van der Waals surface area contributed by atoms with Crippen molar-refractivity contribution in [3.05, 3.63) is 70.2 Å². The Morgan fingerprint density at radius 3 is 2.02 bits per heavy atom. The summed E-state index contributed by atoms with van der Waals surface area (Å²) >= 11 is 12.4. The maximum absolute atomic E-state index is 14.4. The lowest BCUT2D eigenvalue weighted by Crippen LogP contribution is -2.54. The number of benzene rings is 3. The van der Waals surface area contributed by atoms with E-state index in [4.69, 9.17) is 42.1 Å². The van der Waals surface area contributed by atoms with Crippen LogP contribution in [0.5, 0.6) is 23.0 Å². The first-order valence-electron chi connectivity index (χ1n) is 14.1. The average molecular weight is 697 g/mol. The van der Waals surface area contributed by atoms with Gasteiger partial charge < -0.3 is 29.2 Å². The van der Waals surface area contributed by atoms with Gasteiger partial charge in [0.2, 0.25) is 11.8 Å². The van der Waals surface area contributed by atoms with Crippen molar-refractivity contribution in [2.24, 2.45) is 0 Å². The maximum atomic E-state index is 14.4. The van der Waals surface area contributed by atoms with Crippen LogP contribution in [0, 0.1) is 0 Å². The highest BCUT2D eigenvalue weighted by Crippen LogP contribution is 2.38. The van der Waals surface area contributed by atoms with E-state index in [1.54, 1.807) is 31.2 Å². The smallest absolute Gasteiger partial charge is 0.265 e. The molecule has 0 aromatic heterocycles. The van der Waals surface area contributed by atoms with Crippen LogP contribution in [0.25, 0.3) is 0 Å². The number of amides is 2. The quantitative estimate of drug-likeness (QED) is 0.247. The van der Waals surface area contributed by atoms with E-state index in [0.717, 1.165) is 4.31 Å². The van der Waals surface area contributed by atoms with Crippen molar-refractivity contribution in [2.75, 3.05) is 39.3 Å². The summed E-state index contributed by atoms with van der Waals surface area (Å²) in [5, 5.41) is 3.46. The van der Waals surface area contributed by atoms with Crippen molar-refractivity contribution in [3.63, 3.8) is 0 Å². The van der Waals surface area contributed by atoms with Gasteiger partial charge in [0.05, 0.1) is 49.1 Å². The highest BCUT2D eigenvalue weighted by molar-refractivity contribution is 7.92. The second kappa shape index (κ2) is 15.1. The molecule has 0 saturated carbocycles. The van der Waals surface area contributed by atoms with Crippen LogP contribution in [0.3, 0.4) is 0 Å². The highest BCUT2D eigenvalue weighted by Gasteiger charge is 2.35. The first-order valence-corrected chi connectivity index (χ1v) is 16.3. The summed E-state index contributed by atoms with van der Waals surface area (Å²) in [6.07, 6.45) is 0. The number of carbonyl (C=O) groups is 2. The molecule has 0 saturated heterocycles. The molecule has 0 heterocycles. The number of rotatable bonds is 13. The number of anilines is 1. The fourth-order valence-corrected chi connectivity index (χ4v) is 6.25. The number of sulfonamides is 1. The first kappa shape index (κ1) is 36.6. The molecule has 3 rings (SSSR count). The molecule has 0 fully saturated rings. The number of halogens is 2. The Kier molecular flexibility index (Phi) is 12.0. The van der Waals surface area contributed by atoms with Gasteiger partial charge >= 0.3 is 0 Å². The third-order valence-corrected chi connectivity index (χ3v) is 9.37. The molecule has 1 N–H and O–H groups in total. The largest absolute Gasteiger partial charge is 0.497 e. The summed E-state index contributed by atoms with van der Waals surface area (Å²) in [7, 11) is 1.13. The molecule has 0 aliphatic heterocycles. The van der Waals surface area contributed by atoms with Crippen molar-refractivity contribution in [2.45, 2.75) is 50.7 Å². The summed E-state index contributed by atoms with van der Waals surface area (Å²) in [5.41, 5.74) is 0.0121. The van der Waals surface area contributed by atoms with Crippen LogP contribution >= 0.6 is 23.2 Å². The van der Waals surface area contributed by atoms with Gasteiger partial charge in [-0.05, 0) is 69.7 Å². The van der Waals surface area contributed by atoms with Gasteiger partial charge in [-0.2, -0.15) is 0 Å². The molecule has 0 radical (unpaired) electrons. The molecule has 3 aromatic rings. The van der Waals surface area contributed by atoms with Crippen molar-refractivity contribution >= 4 is 50.7 Å². The molecule has 0 aliphatic carbocycles. The lowest BCUT2D eigenvalue weighted by Gasteiger charge is -2.34. The summed E-state index contributed by atoms with van der Waals surface area (Å²) < 4.78 is 51.2. The monoisotopic (exact) mass is 695 g/mol. The van der Waals surface area contributed by atoms with Crippen molar-refractivity contribution in [1.29, 1.82) is 0 Å². The summed E-state index contributed by atoms with van der Waals surface area (Å²) in [4.78, 5) is 28.8. The third kappa shape index (κ3) is 8.68. The van der Waals surface area contributed by atoms with Gasteiger partial charge in [0, 0.05) is 24.2 Å². The van der Waals surface area contributed by atoms with Gasteiger partial charge in [0.25, 0.3) is 10.0 Å². The fourth-order valence-electron chi connectivity index (χ4n) is 4.50. The number of ether oxygens (including phenoxy) is 4. The highest BCUT2D eigenvalue weighted by atomic mass is 35.5. The predicted octanol–water partition coefficient (Wildman–Crippen LogP) is 5.56. The van der Waals surface area contributed by atoms with E-state index >= 15 is 0 Å². The molecular weight excluding hydrogens is 657 g/mol. The third-order valence-electron chi connectivity index (χ3n) is 6.88. The van der Waals surface area contributed by atoms with Crippen LogP contribution < -0.4 is 28.6 Å². The summed E-state index contributed by atoms with van der Waals surface area (Å²) in [5.74, 6) is -0.157. The first-order chi connectivity index (χ1) is 21.6. The Labute approximate surface area is 280 Å². The van der Waals surface area contributed by atoms with E-state index in [2.05, 4.69) is 5.32 Å². The molecule has 0 spiro atoms. The number of carbonyl (C=O) groups excluding carboxylic acids is 2. The standard InChI is InChI=1S/C32H39Cl2N3O8S/c1-20(31(39)35-32(2,3)4)36(18-21-9-12-24(33)25(34)15-21)30(38)19-37(26-16-22(42-5)10-13-27(26)43-6)46(40,41)23-11-14-28(44-7)29(17-23)45-8/h9-17,20H,18-19H2,1-8H3,(H,35,39). The molecule has 1 unspecified atom stereocenters. The summed E-state index contributed by atoms with van der Waals surface area (Å²) in [6, 6.07) is 12.5. The van der Waals surface area contributed by atoms with Gasteiger partial charge in [-0.15, -0.1) is 0 Å². The predicted molar refractivity (Wildman–Crippen MR) is 178 cm³/mol. The molecule has 3 aromatic carbocycles. The average Bonchev–Trinajstić information content (AvgIpc) is 3.01. The van der Waals surface area contributed by atoms with Crippen LogP contribution in [-0.4, -0.2) is 71.7 Å². The van der Waals surface area contributed by atoms with E-state index in [9.17, 15) is 18.0 Å². The normalized spacial score (nSPS) is 12.1. The number of hydrogen-bond acceptors (Lipinski definition) is 8. The zero-order valence-corrected chi connectivity index (χ0v) is 29.3. The Balaban J connectivity index is 2.19. The van der Waals surface area contributed by atoms with Crippen molar-refractivity contribution in [1.82, 2.24) is 10.2 Å². The number of hydrogen-bond donors (Lipinski definition) is 1. The number of nitrogens with zero attached hydrogens (tertiary/aromatic N) is 2. The van der Waals surface area contributed by atoms with Crippen LogP contribution in [0.15, 0.2) is 59.5 Å². The molecule has 0 aliphatic rings. The molecular formula is C32H39Cl2N3O8S. The SMILES string of the molecule is COc1ccc(OC)c(N(CC(=O)N(Cc2ccc(Cl)c(Cl)c2)C(C)C(=O)NC(C)(C)C)S(=O)(=O)c2ccc(OC)c(OC)c2)c1. The summed E-state index contributed by atoms with van der Waals surface area (Å²) in [6.45, 7) is 6.22. The zero-order valence-electron chi connectivity index (χ0n) is 27.0.